The Hall–Kier alpha value is -4.99. The average Bonchev–Trinajstić information content (AvgIpc) is 3.31. The van der Waals surface area contributed by atoms with Gasteiger partial charge in [-0.25, -0.2) is 0 Å². The number of aliphatic hydroxyl groups excluding tert-OH is 1. The first-order valence-corrected chi connectivity index (χ1v) is 15.6. The van der Waals surface area contributed by atoms with Crippen molar-refractivity contribution in [2.24, 2.45) is 5.73 Å². The number of phenols is 2. The lowest BCUT2D eigenvalue weighted by Crippen LogP contribution is -2.53. The highest BCUT2D eigenvalue weighted by atomic mass is 16.7. The number of aromatic hydroxyl groups is 2. The van der Waals surface area contributed by atoms with Gasteiger partial charge in [0.05, 0.1) is 59.8 Å². The quantitative estimate of drug-likeness (QED) is 0.144. The minimum atomic E-state index is -2.42. The van der Waals surface area contributed by atoms with Gasteiger partial charge >= 0.3 is 0 Å². The predicted octanol–water partition coefficient (Wildman–Crippen LogP) is 1.31. The molecule has 3 aromatic carbocycles. The number of ether oxygens (including phenoxy) is 3. The van der Waals surface area contributed by atoms with Gasteiger partial charge < -0.3 is 40.4 Å². The maximum atomic E-state index is 13.9. The molecule has 2 heterocycles. The van der Waals surface area contributed by atoms with Crippen LogP contribution in [0.4, 0.5) is 0 Å². The summed E-state index contributed by atoms with van der Waals surface area (Å²) >= 11 is 0. The van der Waals surface area contributed by atoms with Crippen molar-refractivity contribution in [3.8, 4) is 17.2 Å². The fourth-order valence-corrected chi connectivity index (χ4v) is 7.28. The zero-order chi connectivity index (χ0) is 35.1. The van der Waals surface area contributed by atoms with Crippen molar-refractivity contribution in [3.05, 3.63) is 87.0 Å². The van der Waals surface area contributed by atoms with E-state index in [2.05, 4.69) is 0 Å². The Bertz CT molecular complexity index is 1940. The molecule has 0 radical (unpaired) electrons. The molecule has 6 atom stereocenters. The van der Waals surface area contributed by atoms with Crippen LogP contribution in [0.5, 0.6) is 17.2 Å². The Labute approximate surface area is 278 Å². The number of carbonyl (C=O) groups is 5. The number of amides is 2. The average molecular weight is 673 g/mol. The number of hydrogen-bond donors (Lipinski definition) is 5. The van der Waals surface area contributed by atoms with Crippen molar-refractivity contribution in [2.45, 2.75) is 62.4 Å². The molecule has 6 unspecified atom stereocenters. The summed E-state index contributed by atoms with van der Waals surface area (Å²) < 4.78 is 17.3. The fraction of sp³-hybridized carbons (Fsp3) is 0.343. The van der Waals surface area contributed by atoms with Crippen LogP contribution in [0, 0.1) is 0 Å². The largest absolute Gasteiger partial charge is 0.507 e. The number of rotatable bonds is 6. The normalized spacial score (nSPS) is 27.4. The second-order valence-electron chi connectivity index (χ2n) is 12.7. The van der Waals surface area contributed by atoms with Crippen LogP contribution in [-0.2, 0) is 20.7 Å². The molecule has 2 amide bonds. The number of phenolic OH excluding ortho intramolecular Hbond substituents is 2. The monoisotopic (exact) mass is 672 g/mol. The van der Waals surface area contributed by atoms with Gasteiger partial charge in [0.1, 0.15) is 22.8 Å². The summed E-state index contributed by atoms with van der Waals surface area (Å²) in [5.74, 6) is -5.49. The summed E-state index contributed by atoms with van der Waals surface area (Å²) in [5.41, 5.74) is 2.17. The van der Waals surface area contributed by atoms with Crippen molar-refractivity contribution in [2.75, 3.05) is 13.7 Å². The van der Waals surface area contributed by atoms with Gasteiger partial charge in [0.25, 0.3) is 11.8 Å². The first-order chi connectivity index (χ1) is 23.3. The van der Waals surface area contributed by atoms with Gasteiger partial charge in [-0.05, 0) is 25.1 Å². The van der Waals surface area contributed by atoms with Gasteiger partial charge in [0.2, 0.25) is 5.78 Å². The van der Waals surface area contributed by atoms with Gasteiger partial charge in [-0.3, -0.25) is 28.9 Å². The Morgan fingerprint density at radius 1 is 0.959 bits per heavy atom. The van der Waals surface area contributed by atoms with Crippen molar-refractivity contribution in [1.82, 2.24) is 4.90 Å². The third kappa shape index (κ3) is 4.86. The van der Waals surface area contributed by atoms with Gasteiger partial charge in [-0.15, -0.1) is 0 Å². The maximum Gasteiger partial charge on any atom is 0.261 e. The minimum Gasteiger partial charge on any atom is -0.507 e. The second kappa shape index (κ2) is 11.6. The molecule has 49 heavy (non-hydrogen) atoms. The van der Waals surface area contributed by atoms with E-state index in [9.17, 15) is 44.4 Å². The number of benzene rings is 3. The molecule has 1 fully saturated rings. The third-order valence-electron chi connectivity index (χ3n) is 9.84. The number of methoxy groups -OCH3 is 1. The van der Waals surface area contributed by atoms with Crippen LogP contribution in [0.3, 0.4) is 0 Å². The summed E-state index contributed by atoms with van der Waals surface area (Å²) in [5, 5.41) is 45.8. The molecule has 0 aromatic heterocycles. The van der Waals surface area contributed by atoms with E-state index in [0.29, 0.717) is 4.90 Å². The highest BCUT2D eigenvalue weighted by Crippen LogP contribution is 2.52. The molecular formula is C35H32N2O12. The van der Waals surface area contributed by atoms with Crippen molar-refractivity contribution < 1.29 is 58.6 Å². The van der Waals surface area contributed by atoms with Crippen LogP contribution in [-0.4, -0.2) is 98.3 Å². The molecule has 2 aliphatic carbocycles. The van der Waals surface area contributed by atoms with Gasteiger partial charge in [-0.1, -0.05) is 24.3 Å². The smallest absolute Gasteiger partial charge is 0.261 e. The van der Waals surface area contributed by atoms with Crippen molar-refractivity contribution >= 4 is 29.2 Å². The molecule has 14 heteroatoms. The van der Waals surface area contributed by atoms with Crippen molar-refractivity contribution in [1.29, 1.82) is 0 Å². The van der Waals surface area contributed by atoms with E-state index in [1.807, 2.05) is 0 Å². The zero-order valence-electron chi connectivity index (χ0n) is 26.3. The molecule has 7 rings (SSSR count). The molecule has 6 N–H and O–H groups in total. The molecule has 0 bridgehead atoms. The standard InChI is InChI=1S/C35H32N2O12/c1-14-28(39)19(36)10-23(48-14)49-21-12-35(46,22(38)13-37-33(44)15-6-3-4-7-16(15)34(37)45)11-18-25(21)32(43)27-26(30(18)41)29(40)17-8-5-9-20(47-2)24(17)31(27)42/h3-9,14,19,21,23,28,39,41,43,46H,10-13,36H2,1-2H3. The number of nitrogens with two attached hydrogens (primary N) is 1. The summed E-state index contributed by atoms with van der Waals surface area (Å²) in [7, 11) is 1.31. The number of nitrogens with zero attached hydrogens (tertiary/aromatic N) is 1. The maximum absolute atomic E-state index is 13.9. The SMILES string of the molecule is COc1cccc2c1C(=O)c1c(O)c3c(c(O)c1C2=O)CC(O)(C(=O)CN1C(=O)c2ccccc2C1=O)CC3OC1CC(N)C(O)C(C)O1. The molecule has 0 spiro atoms. The predicted molar refractivity (Wildman–Crippen MR) is 166 cm³/mol. The second-order valence-corrected chi connectivity index (χ2v) is 12.7. The highest BCUT2D eigenvalue weighted by molar-refractivity contribution is 6.31. The molecule has 3 aromatic rings. The van der Waals surface area contributed by atoms with Crippen LogP contribution in [0.2, 0.25) is 0 Å². The molecule has 254 valence electrons. The molecule has 14 nitrogen and oxygen atoms in total. The number of ketones is 3. The molecule has 1 saturated heterocycles. The number of fused-ring (bicyclic) bond motifs is 4. The molecule has 4 aliphatic rings. The number of carbonyl (C=O) groups excluding carboxylic acids is 5. The first kappa shape index (κ1) is 32.6. The van der Waals surface area contributed by atoms with E-state index in [-0.39, 0.29) is 45.6 Å². The molecule has 2 aliphatic heterocycles. The number of aliphatic hydroxyl groups is 2. The zero-order valence-corrected chi connectivity index (χ0v) is 26.3. The van der Waals surface area contributed by atoms with E-state index >= 15 is 0 Å². The Balaban J connectivity index is 1.32. The topological polar surface area (TPSA) is 223 Å². The van der Waals surface area contributed by atoms with E-state index in [4.69, 9.17) is 19.9 Å². The summed E-state index contributed by atoms with van der Waals surface area (Å²) in [6.45, 7) is 0.729. The van der Waals surface area contributed by atoms with E-state index < -0.39 is 107 Å². The summed E-state index contributed by atoms with van der Waals surface area (Å²) in [6.07, 6.45) is -5.72. The van der Waals surface area contributed by atoms with Gasteiger partial charge in [0.15, 0.2) is 17.9 Å². The van der Waals surface area contributed by atoms with Crippen LogP contribution in [0.1, 0.15) is 89.6 Å². The van der Waals surface area contributed by atoms with Crippen LogP contribution < -0.4 is 10.5 Å². The van der Waals surface area contributed by atoms with Crippen LogP contribution in [0.25, 0.3) is 0 Å². The van der Waals surface area contributed by atoms with E-state index in [1.54, 1.807) is 19.1 Å². The van der Waals surface area contributed by atoms with Crippen LogP contribution >= 0.6 is 0 Å². The number of hydrogen-bond acceptors (Lipinski definition) is 13. The Morgan fingerprint density at radius 2 is 1.59 bits per heavy atom. The molecule has 0 saturated carbocycles. The fourth-order valence-electron chi connectivity index (χ4n) is 7.28. The van der Waals surface area contributed by atoms with Gasteiger partial charge in [0, 0.05) is 42.0 Å². The number of Topliss-reactive ketones (excluding diaryl/α,β-unsaturated/α-hetero) is 1. The minimum absolute atomic E-state index is 0.0432. The lowest BCUT2D eigenvalue weighted by molar-refractivity contribution is -0.247. The van der Waals surface area contributed by atoms with Crippen LogP contribution in [0.15, 0.2) is 42.5 Å². The van der Waals surface area contributed by atoms with Gasteiger partial charge in [-0.2, -0.15) is 0 Å². The number of imide groups is 1. The lowest BCUT2D eigenvalue weighted by Gasteiger charge is -2.42. The Kier molecular flexibility index (Phi) is 7.68. The van der Waals surface area contributed by atoms with E-state index in [0.717, 1.165) is 0 Å². The first-order valence-electron chi connectivity index (χ1n) is 15.6. The lowest BCUT2D eigenvalue weighted by atomic mass is 9.71. The third-order valence-corrected chi connectivity index (χ3v) is 9.84. The summed E-state index contributed by atoms with van der Waals surface area (Å²) in [4.78, 5) is 68.5. The summed E-state index contributed by atoms with van der Waals surface area (Å²) in [6, 6.07) is 9.55. The Morgan fingerprint density at radius 3 is 2.22 bits per heavy atom. The van der Waals surface area contributed by atoms with E-state index in [1.165, 1.54) is 37.4 Å². The van der Waals surface area contributed by atoms with Crippen molar-refractivity contribution in [3.63, 3.8) is 0 Å². The molecular weight excluding hydrogens is 640 g/mol. The highest BCUT2D eigenvalue weighted by Gasteiger charge is 2.51.